The first-order valence-corrected chi connectivity index (χ1v) is 6.32. The lowest BCUT2D eigenvalue weighted by molar-refractivity contribution is 1.34. The molecule has 0 saturated heterocycles. The van der Waals surface area contributed by atoms with Crippen LogP contribution in [-0.4, -0.2) is 0 Å². The molecule has 110 valence electrons. The maximum atomic E-state index is 2.12. The van der Waals surface area contributed by atoms with Gasteiger partial charge in [0.2, 0.25) is 0 Å². The number of aryl methyl sites for hydroxylation is 2. The van der Waals surface area contributed by atoms with E-state index in [9.17, 15) is 0 Å². The van der Waals surface area contributed by atoms with Crippen molar-refractivity contribution in [3.05, 3.63) is 47.5 Å². The molecule has 0 aliphatic heterocycles. The largest absolute Gasteiger partial charge is 0.0919 e. The molecule has 0 heterocycles. The van der Waals surface area contributed by atoms with E-state index >= 15 is 0 Å². The highest BCUT2D eigenvalue weighted by molar-refractivity contribution is 5.23. The fourth-order valence-corrected chi connectivity index (χ4v) is 0.663. The Morgan fingerprint density at radius 2 is 0.889 bits per heavy atom. The minimum absolute atomic E-state index is 0. The smallest absolute Gasteiger partial charge is 0.0395 e. The maximum absolute atomic E-state index is 2.12. The molecular formula is C18H38. The van der Waals surface area contributed by atoms with Crippen molar-refractivity contribution in [2.24, 2.45) is 0 Å². The van der Waals surface area contributed by atoms with E-state index < -0.39 is 0 Å². The van der Waals surface area contributed by atoms with Crippen LogP contribution in [0.15, 0.2) is 36.4 Å². The van der Waals surface area contributed by atoms with Crippen LogP contribution in [0.3, 0.4) is 0 Å². The third-order valence-electron chi connectivity index (χ3n) is 1.76. The molecule has 0 spiro atoms. The first kappa shape index (κ1) is 30.2. The molecule has 0 nitrogen and oxygen atoms in total. The van der Waals surface area contributed by atoms with Crippen molar-refractivity contribution in [2.75, 3.05) is 0 Å². The molecule has 1 rings (SSSR count). The summed E-state index contributed by atoms with van der Waals surface area (Å²) in [4.78, 5) is 0. The molecule has 18 heavy (non-hydrogen) atoms. The molecule has 0 aliphatic rings. The molecule has 0 aromatic heterocycles. The topological polar surface area (TPSA) is 0 Å². The summed E-state index contributed by atoms with van der Waals surface area (Å²) in [6.45, 7) is 16.2. The van der Waals surface area contributed by atoms with Crippen molar-refractivity contribution >= 4 is 0 Å². The number of allylic oxidation sites excluding steroid dienone is 2. The third-order valence-corrected chi connectivity index (χ3v) is 1.76. The highest BCUT2D eigenvalue weighted by Gasteiger charge is 1.83. The summed E-state index contributed by atoms with van der Waals surface area (Å²) >= 11 is 0. The van der Waals surface area contributed by atoms with Crippen LogP contribution in [0.4, 0.5) is 0 Å². The first-order chi connectivity index (χ1) is 7.72. The van der Waals surface area contributed by atoms with Gasteiger partial charge in [-0.2, -0.15) is 0 Å². The zero-order valence-electron chi connectivity index (χ0n) is 12.5. The minimum Gasteiger partial charge on any atom is -0.0919 e. The summed E-state index contributed by atoms with van der Waals surface area (Å²) in [7, 11) is 0. The Bertz CT molecular complexity index is 209. The zero-order valence-corrected chi connectivity index (χ0v) is 12.5. The average molecular weight is 255 g/mol. The predicted octanol–water partition coefficient (Wildman–Crippen LogP) is 7.21. The van der Waals surface area contributed by atoms with E-state index in [4.69, 9.17) is 0 Å². The van der Waals surface area contributed by atoms with Gasteiger partial charge in [0.25, 0.3) is 0 Å². The molecule has 0 N–H and O–H groups in total. The summed E-state index contributed by atoms with van der Waals surface area (Å²) in [5, 5.41) is 0. The summed E-state index contributed by atoms with van der Waals surface area (Å²) in [6, 6.07) is 8.36. The molecular weight excluding hydrogens is 216 g/mol. The van der Waals surface area contributed by atoms with E-state index in [2.05, 4.69) is 38.1 Å². The van der Waals surface area contributed by atoms with Gasteiger partial charge in [-0.25, -0.2) is 0 Å². The molecule has 0 unspecified atom stereocenters. The maximum Gasteiger partial charge on any atom is -0.0395 e. The van der Waals surface area contributed by atoms with Crippen LogP contribution < -0.4 is 0 Å². The summed E-state index contributed by atoms with van der Waals surface area (Å²) < 4.78 is 0. The quantitative estimate of drug-likeness (QED) is 0.429. The second kappa shape index (κ2) is 29.7. The van der Waals surface area contributed by atoms with Crippen molar-refractivity contribution in [1.82, 2.24) is 0 Å². The first-order valence-electron chi connectivity index (χ1n) is 6.32. The van der Waals surface area contributed by atoms with Crippen LogP contribution in [0.2, 0.25) is 0 Å². The number of hydrogen-bond acceptors (Lipinski definition) is 0. The van der Waals surface area contributed by atoms with Crippen LogP contribution >= 0.6 is 0 Å². The summed E-state index contributed by atoms with van der Waals surface area (Å²) in [6.07, 6.45) is 4.00. The molecule has 1 aromatic rings. The Hall–Kier alpha value is -1.04. The van der Waals surface area contributed by atoms with Gasteiger partial charge in [-0.15, -0.1) is 0 Å². The van der Waals surface area contributed by atoms with E-state index in [-0.39, 0.29) is 14.9 Å². The van der Waals surface area contributed by atoms with E-state index in [1.807, 2.05) is 53.7 Å². The average Bonchev–Trinajstić information content (AvgIpc) is 2.38. The standard InChI is InChI=1S/C8H10.C4H8.2C2H6.2CH4/c1-7-5-3-4-6-8(7)2;1-3-4-2;2*1-2;;/h3-6H,1-2H3;3-4H,1-2H3;2*1-2H3;2*1H4/b;4-3-;;;;. The van der Waals surface area contributed by atoms with Crippen molar-refractivity contribution < 1.29 is 0 Å². The fraction of sp³-hybridized carbons (Fsp3) is 0.556. The lowest BCUT2D eigenvalue weighted by atomic mass is 10.1. The SMILES string of the molecule is C.C.C/C=C\C.CC.CC.Cc1ccccc1C. The monoisotopic (exact) mass is 254 g/mol. The second-order valence-corrected chi connectivity index (χ2v) is 2.75. The van der Waals surface area contributed by atoms with Crippen molar-refractivity contribution in [1.29, 1.82) is 0 Å². The molecule has 0 atom stereocenters. The zero-order chi connectivity index (χ0) is 13.4. The Kier molecular flexibility index (Phi) is 49.9. The second-order valence-electron chi connectivity index (χ2n) is 2.75. The van der Waals surface area contributed by atoms with Crippen LogP contribution in [0, 0.1) is 13.8 Å². The van der Waals surface area contributed by atoms with E-state index in [0.29, 0.717) is 0 Å². The van der Waals surface area contributed by atoms with Gasteiger partial charge in [-0.1, -0.05) is 79.0 Å². The van der Waals surface area contributed by atoms with Gasteiger partial charge < -0.3 is 0 Å². The molecule has 0 saturated carbocycles. The molecule has 0 aliphatic carbocycles. The van der Waals surface area contributed by atoms with Crippen LogP contribution in [0.25, 0.3) is 0 Å². The van der Waals surface area contributed by atoms with Gasteiger partial charge in [0, 0.05) is 0 Å². The van der Waals surface area contributed by atoms with Crippen molar-refractivity contribution in [3.63, 3.8) is 0 Å². The molecule has 0 radical (unpaired) electrons. The molecule has 0 bridgehead atoms. The van der Waals surface area contributed by atoms with Gasteiger partial charge >= 0.3 is 0 Å². The highest BCUT2D eigenvalue weighted by Crippen LogP contribution is 2.02. The lowest BCUT2D eigenvalue weighted by Crippen LogP contribution is -1.74. The van der Waals surface area contributed by atoms with E-state index in [0.717, 1.165) is 0 Å². The summed E-state index contributed by atoms with van der Waals surface area (Å²) in [5.41, 5.74) is 2.74. The number of rotatable bonds is 0. The van der Waals surface area contributed by atoms with Gasteiger partial charge in [-0.05, 0) is 38.8 Å². The Balaban J connectivity index is -0.0000000494. The van der Waals surface area contributed by atoms with E-state index in [1.54, 1.807) is 0 Å². The van der Waals surface area contributed by atoms with Crippen molar-refractivity contribution in [2.45, 2.75) is 70.2 Å². The predicted molar refractivity (Wildman–Crippen MR) is 92.6 cm³/mol. The van der Waals surface area contributed by atoms with Crippen LogP contribution in [0.1, 0.15) is 67.5 Å². The molecule has 1 aromatic carbocycles. The fourth-order valence-electron chi connectivity index (χ4n) is 0.663. The minimum atomic E-state index is 0. The summed E-state index contributed by atoms with van der Waals surface area (Å²) in [5.74, 6) is 0. The Morgan fingerprint density at radius 1 is 0.667 bits per heavy atom. The number of hydrogen-bond donors (Lipinski definition) is 0. The van der Waals surface area contributed by atoms with Crippen molar-refractivity contribution in [3.8, 4) is 0 Å². The van der Waals surface area contributed by atoms with E-state index in [1.165, 1.54) is 11.1 Å². The third kappa shape index (κ3) is 24.3. The molecule has 0 amide bonds. The Labute approximate surface area is 118 Å². The van der Waals surface area contributed by atoms with Crippen LogP contribution in [0.5, 0.6) is 0 Å². The molecule has 0 heteroatoms. The normalized spacial score (nSPS) is 6.89. The van der Waals surface area contributed by atoms with Gasteiger partial charge in [0.1, 0.15) is 0 Å². The van der Waals surface area contributed by atoms with Crippen LogP contribution in [-0.2, 0) is 0 Å². The lowest BCUT2D eigenvalue weighted by Gasteiger charge is -1.93. The van der Waals surface area contributed by atoms with Gasteiger partial charge in [0.15, 0.2) is 0 Å². The highest BCUT2D eigenvalue weighted by atomic mass is 13.9. The van der Waals surface area contributed by atoms with Gasteiger partial charge in [0.05, 0.1) is 0 Å². The van der Waals surface area contributed by atoms with Gasteiger partial charge in [-0.3, -0.25) is 0 Å². The molecule has 0 fully saturated rings. The number of benzene rings is 1. The Morgan fingerprint density at radius 3 is 1.00 bits per heavy atom.